The molecule has 0 spiro atoms. The lowest BCUT2D eigenvalue weighted by Gasteiger charge is -2.29. The predicted molar refractivity (Wildman–Crippen MR) is 104 cm³/mol. The maximum absolute atomic E-state index is 6.03. The number of ether oxygens (including phenoxy) is 2. The van der Waals surface area contributed by atoms with Crippen molar-refractivity contribution in [1.29, 1.82) is 0 Å². The van der Waals surface area contributed by atoms with Crippen LogP contribution < -0.4 is 9.47 Å². The van der Waals surface area contributed by atoms with Gasteiger partial charge in [0.25, 0.3) is 0 Å². The number of hydrogen-bond donors (Lipinski definition) is 0. The minimum absolute atomic E-state index is 0.0205. The second-order valence-corrected chi connectivity index (χ2v) is 7.16. The van der Waals surface area contributed by atoms with Crippen LogP contribution in [0.5, 0.6) is 11.5 Å². The van der Waals surface area contributed by atoms with Crippen molar-refractivity contribution in [2.24, 2.45) is 0 Å². The van der Waals surface area contributed by atoms with Gasteiger partial charge in [-0.3, -0.25) is 4.90 Å². The monoisotopic (exact) mass is 384 g/mol. The number of likely N-dealkylation sites (N-methyl/N-ethyl adjacent to an activating group) is 1. The molecule has 6 heteroatoms. The Balaban J connectivity index is 1.40. The highest BCUT2D eigenvalue weighted by molar-refractivity contribution is 6.30. The zero-order valence-electron chi connectivity index (χ0n) is 15.3. The summed E-state index contributed by atoms with van der Waals surface area (Å²) in [5.74, 6) is 3.03. The number of aromatic nitrogens is 1. The Bertz CT molecular complexity index is 923. The molecule has 0 amide bonds. The molecular formula is C21H21ClN2O3. The van der Waals surface area contributed by atoms with Crippen LogP contribution in [0.4, 0.5) is 0 Å². The molecule has 0 aliphatic carbocycles. The number of fused-ring (bicyclic) bond motifs is 1. The van der Waals surface area contributed by atoms with Crippen LogP contribution in [0.2, 0.25) is 5.02 Å². The largest absolute Gasteiger partial charge is 0.486 e. The van der Waals surface area contributed by atoms with Gasteiger partial charge >= 0.3 is 0 Å². The second kappa shape index (κ2) is 7.62. The third-order valence-electron chi connectivity index (χ3n) is 4.49. The summed E-state index contributed by atoms with van der Waals surface area (Å²) in [6.45, 7) is 3.88. The van der Waals surface area contributed by atoms with E-state index in [-0.39, 0.29) is 6.10 Å². The summed E-state index contributed by atoms with van der Waals surface area (Å²) in [6, 6.07) is 15.2. The van der Waals surface area contributed by atoms with E-state index >= 15 is 0 Å². The minimum Gasteiger partial charge on any atom is -0.486 e. The lowest BCUT2D eigenvalue weighted by atomic mass is 10.2. The summed E-state index contributed by atoms with van der Waals surface area (Å²) in [6.07, 6.45) is -0.0205. The summed E-state index contributed by atoms with van der Waals surface area (Å²) in [4.78, 5) is 6.82. The van der Waals surface area contributed by atoms with Gasteiger partial charge in [-0.15, -0.1) is 0 Å². The highest BCUT2D eigenvalue weighted by Crippen LogP contribution is 2.31. The molecule has 5 nitrogen and oxygen atoms in total. The number of oxazole rings is 1. The SMILES string of the molecule is Cc1oc(-c2ccc(Cl)cc2)nc1CN(C)C[C@@H]1COc2ccccc2O1. The van der Waals surface area contributed by atoms with E-state index in [1.54, 1.807) is 0 Å². The Hall–Kier alpha value is -2.50. The summed E-state index contributed by atoms with van der Waals surface area (Å²) in [5, 5.41) is 0.693. The molecule has 140 valence electrons. The van der Waals surface area contributed by atoms with Crippen molar-refractivity contribution in [3.63, 3.8) is 0 Å². The molecule has 0 radical (unpaired) electrons. The van der Waals surface area contributed by atoms with Crippen LogP contribution >= 0.6 is 11.6 Å². The molecule has 4 rings (SSSR count). The van der Waals surface area contributed by atoms with Gasteiger partial charge in [-0.05, 0) is 50.4 Å². The average molecular weight is 385 g/mol. The highest BCUT2D eigenvalue weighted by Gasteiger charge is 2.23. The molecule has 0 saturated heterocycles. The molecule has 0 fully saturated rings. The normalized spacial score (nSPS) is 15.9. The number of halogens is 1. The second-order valence-electron chi connectivity index (χ2n) is 6.72. The molecule has 1 aliphatic rings. The van der Waals surface area contributed by atoms with Crippen molar-refractivity contribution < 1.29 is 13.9 Å². The first-order valence-electron chi connectivity index (χ1n) is 8.88. The van der Waals surface area contributed by atoms with Crippen LogP contribution in [-0.4, -0.2) is 36.2 Å². The lowest BCUT2D eigenvalue weighted by molar-refractivity contribution is 0.0634. The Morgan fingerprint density at radius 2 is 1.85 bits per heavy atom. The molecule has 1 atom stereocenters. The van der Waals surface area contributed by atoms with Gasteiger partial charge < -0.3 is 13.9 Å². The van der Waals surface area contributed by atoms with Crippen LogP contribution in [-0.2, 0) is 6.54 Å². The number of nitrogens with zero attached hydrogens (tertiary/aromatic N) is 2. The minimum atomic E-state index is -0.0205. The molecule has 3 aromatic rings. The van der Waals surface area contributed by atoms with E-state index < -0.39 is 0 Å². The van der Waals surface area contributed by atoms with Crippen LogP contribution in [0.15, 0.2) is 52.9 Å². The van der Waals surface area contributed by atoms with Gasteiger partial charge in [-0.2, -0.15) is 0 Å². The third kappa shape index (κ3) is 4.10. The number of benzene rings is 2. The van der Waals surface area contributed by atoms with E-state index in [2.05, 4.69) is 9.88 Å². The van der Waals surface area contributed by atoms with Crippen molar-refractivity contribution in [2.45, 2.75) is 19.6 Å². The van der Waals surface area contributed by atoms with Gasteiger partial charge in [-0.25, -0.2) is 4.98 Å². The Morgan fingerprint density at radius 1 is 1.11 bits per heavy atom. The highest BCUT2D eigenvalue weighted by atomic mass is 35.5. The number of rotatable bonds is 5. The fourth-order valence-corrected chi connectivity index (χ4v) is 3.24. The van der Waals surface area contributed by atoms with Crippen LogP contribution in [0.1, 0.15) is 11.5 Å². The fourth-order valence-electron chi connectivity index (χ4n) is 3.11. The summed E-state index contributed by atoms with van der Waals surface area (Å²) < 4.78 is 17.7. The van der Waals surface area contributed by atoms with Crippen molar-refractivity contribution in [1.82, 2.24) is 9.88 Å². The standard InChI is InChI=1S/C21H21ClN2O3/c1-14-18(23-21(26-14)15-7-9-16(22)10-8-15)12-24(2)11-17-13-25-19-5-3-4-6-20(19)27-17/h3-10,17H,11-13H2,1-2H3/t17-/m1/s1. The van der Waals surface area contributed by atoms with Crippen LogP contribution in [0, 0.1) is 6.92 Å². The zero-order chi connectivity index (χ0) is 18.8. The van der Waals surface area contributed by atoms with Crippen molar-refractivity contribution >= 4 is 11.6 Å². The number of para-hydroxylation sites is 2. The van der Waals surface area contributed by atoms with Crippen molar-refractivity contribution in [3.05, 3.63) is 65.0 Å². The summed E-state index contributed by atoms with van der Waals surface area (Å²) >= 11 is 5.95. The van der Waals surface area contributed by atoms with E-state index in [0.29, 0.717) is 24.1 Å². The van der Waals surface area contributed by atoms with Crippen LogP contribution in [0.25, 0.3) is 11.5 Å². The first-order chi connectivity index (χ1) is 13.1. The third-order valence-corrected chi connectivity index (χ3v) is 4.74. The molecule has 27 heavy (non-hydrogen) atoms. The molecule has 1 aliphatic heterocycles. The molecule has 1 aromatic heterocycles. The molecular weight excluding hydrogens is 364 g/mol. The predicted octanol–water partition coefficient (Wildman–Crippen LogP) is 4.58. The van der Waals surface area contributed by atoms with E-state index in [4.69, 9.17) is 25.5 Å². The number of aryl methyl sites for hydroxylation is 1. The van der Waals surface area contributed by atoms with Gasteiger partial charge in [0.15, 0.2) is 11.5 Å². The maximum atomic E-state index is 6.03. The molecule has 0 unspecified atom stereocenters. The quantitative estimate of drug-likeness (QED) is 0.644. The Kier molecular flexibility index (Phi) is 5.05. The topological polar surface area (TPSA) is 47.7 Å². The molecule has 2 aromatic carbocycles. The van der Waals surface area contributed by atoms with E-state index in [1.165, 1.54) is 0 Å². The summed E-state index contributed by atoms with van der Waals surface area (Å²) in [7, 11) is 2.04. The smallest absolute Gasteiger partial charge is 0.226 e. The van der Waals surface area contributed by atoms with Gasteiger partial charge in [0.2, 0.25) is 5.89 Å². The number of hydrogen-bond acceptors (Lipinski definition) is 5. The first kappa shape index (κ1) is 17.9. The molecule has 2 heterocycles. The maximum Gasteiger partial charge on any atom is 0.226 e. The van der Waals surface area contributed by atoms with E-state index in [0.717, 1.165) is 35.1 Å². The first-order valence-corrected chi connectivity index (χ1v) is 9.25. The van der Waals surface area contributed by atoms with Gasteiger partial charge in [-0.1, -0.05) is 23.7 Å². The van der Waals surface area contributed by atoms with Crippen molar-refractivity contribution in [2.75, 3.05) is 20.2 Å². The molecule has 0 N–H and O–H groups in total. The summed E-state index contributed by atoms with van der Waals surface area (Å²) in [5.41, 5.74) is 1.83. The van der Waals surface area contributed by atoms with Gasteiger partial charge in [0.1, 0.15) is 18.5 Å². The fraction of sp³-hybridized carbons (Fsp3) is 0.286. The Labute approximate surface area is 163 Å². The van der Waals surface area contributed by atoms with Crippen LogP contribution in [0.3, 0.4) is 0 Å². The van der Waals surface area contributed by atoms with E-state index in [9.17, 15) is 0 Å². The van der Waals surface area contributed by atoms with Gasteiger partial charge in [0.05, 0.1) is 5.69 Å². The lowest BCUT2D eigenvalue weighted by Crippen LogP contribution is -2.39. The molecule has 0 bridgehead atoms. The zero-order valence-corrected chi connectivity index (χ0v) is 16.1. The average Bonchev–Trinajstić information content (AvgIpc) is 3.02. The Morgan fingerprint density at radius 3 is 2.63 bits per heavy atom. The van der Waals surface area contributed by atoms with E-state index in [1.807, 2.05) is 62.5 Å². The van der Waals surface area contributed by atoms with Gasteiger partial charge in [0, 0.05) is 23.7 Å². The molecule has 0 saturated carbocycles. The van der Waals surface area contributed by atoms with Crippen molar-refractivity contribution in [3.8, 4) is 23.0 Å².